The fourth-order valence-electron chi connectivity index (χ4n) is 1.82. The van der Waals surface area contributed by atoms with Crippen molar-refractivity contribution in [3.05, 3.63) is 38.9 Å². The smallest absolute Gasteiger partial charge is 0.261 e. The summed E-state index contributed by atoms with van der Waals surface area (Å²) in [5.41, 5.74) is 0.480. The van der Waals surface area contributed by atoms with Crippen LogP contribution in [0.1, 0.15) is 18.9 Å². The van der Waals surface area contributed by atoms with Crippen LogP contribution in [0.15, 0.2) is 23.1 Å². The highest BCUT2D eigenvalue weighted by Gasteiger charge is 2.25. The summed E-state index contributed by atoms with van der Waals surface area (Å²) in [4.78, 5) is 16.2. The summed E-state index contributed by atoms with van der Waals surface area (Å²) in [6.07, 6.45) is 3.89. The molecule has 0 aromatic carbocycles. The Morgan fingerprint density at radius 2 is 2.12 bits per heavy atom. The van der Waals surface area contributed by atoms with E-state index in [-0.39, 0.29) is 5.56 Å². The second-order valence-electron chi connectivity index (χ2n) is 3.95. The van der Waals surface area contributed by atoms with Gasteiger partial charge in [0.15, 0.2) is 0 Å². The fraction of sp³-hybridized carbons (Fsp3) is 0.273. The van der Waals surface area contributed by atoms with E-state index in [1.54, 1.807) is 16.8 Å². The summed E-state index contributed by atoms with van der Waals surface area (Å²) >= 11 is 11.8. The number of hydrogen-bond acceptors (Lipinski definition) is 2. The Hall–Kier alpha value is -1.06. The van der Waals surface area contributed by atoms with E-state index >= 15 is 0 Å². The van der Waals surface area contributed by atoms with Gasteiger partial charge < -0.3 is 4.57 Å². The molecule has 3 nitrogen and oxygen atoms in total. The Balaban J connectivity index is 2.39. The summed E-state index contributed by atoms with van der Waals surface area (Å²) in [7, 11) is 0. The molecule has 5 heteroatoms. The number of rotatable bonds is 1. The maximum Gasteiger partial charge on any atom is 0.261 e. The van der Waals surface area contributed by atoms with Crippen LogP contribution in [0, 0.1) is 0 Å². The molecule has 0 saturated heterocycles. The van der Waals surface area contributed by atoms with Crippen LogP contribution in [-0.4, -0.2) is 9.55 Å². The molecular weight excluding hydrogens is 247 g/mol. The minimum Gasteiger partial charge on any atom is -0.312 e. The van der Waals surface area contributed by atoms with Crippen molar-refractivity contribution in [2.24, 2.45) is 0 Å². The van der Waals surface area contributed by atoms with E-state index in [0.717, 1.165) is 12.8 Å². The van der Waals surface area contributed by atoms with Crippen molar-refractivity contribution in [1.82, 2.24) is 9.55 Å². The fourth-order valence-corrected chi connectivity index (χ4v) is 2.36. The first-order valence-electron chi connectivity index (χ1n) is 5.04. The molecule has 0 radical (unpaired) electrons. The van der Waals surface area contributed by atoms with E-state index in [9.17, 15) is 4.79 Å². The lowest BCUT2D eigenvalue weighted by molar-refractivity contribution is 0.714. The Labute approximate surface area is 102 Å². The standard InChI is InChI=1S/C11H8Cl2N2O/c12-7-5-9(13)14-8-3-4-15(6-1-2-6)11(16)10(7)8/h3-6H,1-2H2. The zero-order valence-corrected chi connectivity index (χ0v) is 9.79. The van der Waals surface area contributed by atoms with E-state index < -0.39 is 0 Å². The quantitative estimate of drug-likeness (QED) is 0.734. The lowest BCUT2D eigenvalue weighted by Crippen LogP contribution is -2.18. The molecule has 82 valence electrons. The number of aromatic nitrogens is 2. The molecule has 0 bridgehead atoms. The normalized spacial score (nSPS) is 15.6. The molecule has 0 amide bonds. The van der Waals surface area contributed by atoms with Crippen molar-refractivity contribution in [3.63, 3.8) is 0 Å². The average molecular weight is 255 g/mol. The number of nitrogens with zero attached hydrogens (tertiary/aromatic N) is 2. The molecule has 2 aromatic heterocycles. The molecule has 2 aromatic rings. The van der Waals surface area contributed by atoms with Crippen molar-refractivity contribution < 1.29 is 0 Å². The van der Waals surface area contributed by atoms with Gasteiger partial charge in [0.05, 0.1) is 15.9 Å². The average Bonchev–Trinajstić information content (AvgIpc) is 3.00. The maximum atomic E-state index is 12.1. The largest absolute Gasteiger partial charge is 0.312 e. The predicted octanol–water partition coefficient (Wildman–Crippen LogP) is 3.04. The van der Waals surface area contributed by atoms with Crippen LogP contribution in [0.25, 0.3) is 10.9 Å². The van der Waals surface area contributed by atoms with Gasteiger partial charge in [-0.05, 0) is 25.0 Å². The summed E-state index contributed by atoms with van der Waals surface area (Å²) in [6.45, 7) is 0. The van der Waals surface area contributed by atoms with Gasteiger partial charge in [-0.15, -0.1) is 0 Å². The molecule has 0 atom stereocenters. The molecule has 1 aliphatic carbocycles. The molecule has 0 spiro atoms. The minimum absolute atomic E-state index is 0.0748. The van der Waals surface area contributed by atoms with Gasteiger partial charge in [0, 0.05) is 12.2 Å². The van der Waals surface area contributed by atoms with E-state index in [0.29, 0.717) is 27.1 Å². The highest BCUT2D eigenvalue weighted by Crippen LogP contribution is 2.34. The van der Waals surface area contributed by atoms with Gasteiger partial charge in [-0.1, -0.05) is 23.2 Å². The summed E-state index contributed by atoms with van der Waals surface area (Å²) in [5, 5.41) is 1.14. The lowest BCUT2D eigenvalue weighted by Gasteiger charge is -2.06. The summed E-state index contributed by atoms with van der Waals surface area (Å²) < 4.78 is 1.73. The van der Waals surface area contributed by atoms with Gasteiger partial charge in [-0.2, -0.15) is 0 Å². The third kappa shape index (κ3) is 1.51. The molecule has 1 aliphatic rings. The highest BCUT2D eigenvalue weighted by molar-refractivity contribution is 6.37. The minimum atomic E-state index is -0.0748. The molecule has 2 heterocycles. The SMILES string of the molecule is O=c1c2c(Cl)cc(Cl)nc2ccn1C1CC1. The van der Waals surface area contributed by atoms with E-state index in [1.165, 1.54) is 6.07 Å². The topological polar surface area (TPSA) is 34.9 Å². The van der Waals surface area contributed by atoms with Crippen LogP contribution >= 0.6 is 23.2 Å². The van der Waals surface area contributed by atoms with Crippen molar-refractivity contribution >= 4 is 34.1 Å². The third-order valence-corrected chi connectivity index (χ3v) is 3.24. The molecular formula is C11H8Cl2N2O. The van der Waals surface area contributed by atoms with E-state index in [2.05, 4.69) is 4.98 Å². The summed E-state index contributed by atoms with van der Waals surface area (Å²) in [5.74, 6) is 0. The molecule has 0 aliphatic heterocycles. The van der Waals surface area contributed by atoms with Crippen LogP contribution < -0.4 is 5.56 Å². The first kappa shape index (κ1) is 10.1. The predicted molar refractivity (Wildman–Crippen MR) is 64.3 cm³/mol. The first-order chi connectivity index (χ1) is 7.66. The zero-order chi connectivity index (χ0) is 11.3. The molecule has 0 N–H and O–H groups in total. The Morgan fingerprint density at radius 1 is 1.38 bits per heavy atom. The van der Waals surface area contributed by atoms with Crippen molar-refractivity contribution in [2.45, 2.75) is 18.9 Å². The second-order valence-corrected chi connectivity index (χ2v) is 4.74. The lowest BCUT2D eigenvalue weighted by atomic mass is 10.2. The first-order valence-corrected chi connectivity index (χ1v) is 5.79. The number of pyridine rings is 2. The van der Waals surface area contributed by atoms with Gasteiger partial charge in [-0.3, -0.25) is 4.79 Å². The van der Waals surface area contributed by atoms with Crippen molar-refractivity contribution in [2.75, 3.05) is 0 Å². The molecule has 1 fully saturated rings. The van der Waals surface area contributed by atoms with Crippen molar-refractivity contribution in [1.29, 1.82) is 0 Å². The summed E-state index contributed by atoms with van der Waals surface area (Å²) in [6, 6.07) is 3.63. The molecule has 0 unspecified atom stereocenters. The van der Waals surface area contributed by atoms with E-state index in [4.69, 9.17) is 23.2 Å². The zero-order valence-electron chi connectivity index (χ0n) is 8.28. The van der Waals surface area contributed by atoms with Gasteiger partial charge >= 0.3 is 0 Å². The Kier molecular flexibility index (Phi) is 2.19. The number of hydrogen-bond donors (Lipinski definition) is 0. The van der Waals surface area contributed by atoms with Gasteiger partial charge in [0.1, 0.15) is 5.15 Å². The van der Waals surface area contributed by atoms with Crippen LogP contribution in [0.5, 0.6) is 0 Å². The number of halogens is 2. The van der Waals surface area contributed by atoms with Crippen LogP contribution in [0.4, 0.5) is 0 Å². The van der Waals surface area contributed by atoms with Gasteiger partial charge in [0.2, 0.25) is 0 Å². The molecule has 16 heavy (non-hydrogen) atoms. The highest BCUT2D eigenvalue weighted by atomic mass is 35.5. The molecule has 3 rings (SSSR count). The number of fused-ring (bicyclic) bond motifs is 1. The molecule has 1 saturated carbocycles. The monoisotopic (exact) mass is 254 g/mol. The Morgan fingerprint density at radius 3 is 2.81 bits per heavy atom. The Bertz CT molecular complexity index is 632. The van der Waals surface area contributed by atoms with Crippen LogP contribution in [-0.2, 0) is 0 Å². The van der Waals surface area contributed by atoms with Crippen LogP contribution in [0.2, 0.25) is 10.2 Å². The third-order valence-electron chi connectivity index (χ3n) is 2.75. The van der Waals surface area contributed by atoms with Crippen molar-refractivity contribution in [3.8, 4) is 0 Å². The van der Waals surface area contributed by atoms with Gasteiger partial charge in [0.25, 0.3) is 5.56 Å². The van der Waals surface area contributed by atoms with Gasteiger partial charge in [-0.25, -0.2) is 4.98 Å². The maximum absolute atomic E-state index is 12.1. The van der Waals surface area contributed by atoms with E-state index in [1.807, 2.05) is 0 Å². The second kappa shape index (κ2) is 3.47. The van der Waals surface area contributed by atoms with Crippen LogP contribution in [0.3, 0.4) is 0 Å².